The van der Waals surface area contributed by atoms with Crippen LogP contribution in [-0.2, 0) is 0 Å². The van der Waals surface area contributed by atoms with Gasteiger partial charge >= 0.3 is 0 Å². The second-order valence-corrected chi connectivity index (χ2v) is 6.31. The summed E-state index contributed by atoms with van der Waals surface area (Å²) in [4.78, 5) is 4.30. The number of hydrogen-bond donors (Lipinski definition) is 2. The number of rotatable bonds is 7. The number of guanidine groups is 1. The Hall–Kier alpha value is -2.16. The number of anilines is 1. The van der Waals surface area contributed by atoms with E-state index >= 15 is 0 Å². The molecule has 0 aliphatic carbocycles. The summed E-state index contributed by atoms with van der Waals surface area (Å²) in [5, 5.41) is 6.64. The lowest BCUT2D eigenvalue weighted by atomic mass is 9.99. The average molecular weight is 499 g/mol. The molecule has 0 aliphatic heterocycles. The Kier molecular flexibility index (Phi) is 9.92. The van der Waals surface area contributed by atoms with Gasteiger partial charge in [-0.3, -0.25) is 4.99 Å². The molecule has 0 radical (unpaired) electrons. The third-order valence-corrected chi connectivity index (χ3v) is 4.34. The van der Waals surface area contributed by atoms with Crippen LogP contribution in [-0.4, -0.2) is 40.9 Å². The molecule has 2 N–H and O–H groups in total. The van der Waals surface area contributed by atoms with E-state index in [2.05, 4.69) is 53.7 Å². The van der Waals surface area contributed by atoms with Crippen molar-refractivity contribution in [2.24, 2.45) is 4.99 Å². The highest BCUT2D eigenvalue weighted by Gasteiger charge is 2.14. The highest BCUT2D eigenvalue weighted by Crippen LogP contribution is 2.39. The Morgan fingerprint density at radius 2 is 1.68 bits per heavy atom. The first-order valence-electron chi connectivity index (χ1n) is 8.86. The number of aliphatic imine (C=N–C) groups is 1. The van der Waals surface area contributed by atoms with Crippen molar-refractivity contribution in [2.75, 3.05) is 40.2 Å². The molecule has 1 unspecified atom stereocenters. The third kappa shape index (κ3) is 6.19. The third-order valence-electron chi connectivity index (χ3n) is 4.34. The van der Waals surface area contributed by atoms with Crippen LogP contribution in [0.3, 0.4) is 0 Å². The Balaban J connectivity index is 0.00000392. The molecule has 2 aromatic rings. The molecule has 154 valence electrons. The fourth-order valence-corrected chi connectivity index (χ4v) is 2.81. The van der Waals surface area contributed by atoms with E-state index in [1.54, 1.807) is 28.4 Å². The zero-order valence-electron chi connectivity index (χ0n) is 17.3. The van der Waals surface area contributed by atoms with Crippen molar-refractivity contribution in [3.8, 4) is 17.2 Å². The Morgan fingerprint density at radius 3 is 2.18 bits per heavy atom. The van der Waals surface area contributed by atoms with Gasteiger partial charge < -0.3 is 24.8 Å². The van der Waals surface area contributed by atoms with Gasteiger partial charge in [-0.05, 0) is 18.4 Å². The molecule has 2 rings (SSSR count). The molecule has 0 amide bonds. The molecule has 0 spiro atoms. The number of methoxy groups -OCH3 is 3. The number of halogens is 1. The molecule has 0 bridgehead atoms. The van der Waals surface area contributed by atoms with Crippen LogP contribution in [0, 0.1) is 6.92 Å². The minimum atomic E-state index is 0. The van der Waals surface area contributed by atoms with Crippen molar-refractivity contribution in [2.45, 2.75) is 19.8 Å². The van der Waals surface area contributed by atoms with Gasteiger partial charge in [-0.25, -0.2) is 0 Å². The predicted octanol–water partition coefficient (Wildman–Crippen LogP) is 4.43. The van der Waals surface area contributed by atoms with Gasteiger partial charge in [0.2, 0.25) is 5.75 Å². The van der Waals surface area contributed by atoms with Gasteiger partial charge in [0.25, 0.3) is 0 Å². The normalized spacial score (nSPS) is 11.9. The van der Waals surface area contributed by atoms with Gasteiger partial charge in [0.1, 0.15) is 0 Å². The summed E-state index contributed by atoms with van der Waals surface area (Å²) in [6, 6.07) is 12.2. The monoisotopic (exact) mass is 499 g/mol. The molecule has 7 heteroatoms. The number of ether oxygens (including phenoxy) is 3. The summed E-state index contributed by atoms with van der Waals surface area (Å²) in [5.41, 5.74) is 3.35. The Bertz CT molecular complexity index is 771. The molecule has 0 saturated heterocycles. The summed E-state index contributed by atoms with van der Waals surface area (Å²) in [6.07, 6.45) is 0. The number of hydrogen-bond acceptors (Lipinski definition) is 4. The first-order chi connectivity index (χ1) is 13.0. The van der Waals surface area contributed by atoms with Gasteiger partial charge in [-0.1, -0.05) is 36.8 Å². The van der Waals surface area contributed by atoms with Gasteiger partial charge in [0.15, 0.2) is 17.5 Å². The van der Waals surface area contributed by atoms with E-state index in [9.17, 15) is 0 Å². The lowest BCUT2D eigenvalue weighted by Crippen LogP contribution is -2.33. The number of nitrogens with zero attached hydrogens (tertiary/aromatic N) is 1. The zero-order valence-corrected chi connectivity index (χ0v) is 19.7. The predicted molar refractivity (Wildman–Crippen MR) is 126 cm³/mol. The maximum absolute atomic E-state index is 5.40. The second kappa shape index (κ2) is 11.6. The van der Waals surface area contributed by atoms with Crippen LogP contribution >= 0.6 is 24.0 Å². The smallest absolute Gasteiger partial charge is 0.203 e. The summed E-state index contributed by atoms with van der Waals surface area (Å²) in [6.45, 7) is 5.05. The molecular weight excluding hydrogens is 469 g/mol. The largest absolute Gasteiger partial charge is 0.493 e. The van der Waals surface area contributed by atoms with E-state index in [0.29, 0.717) is 29.1 Å². The second-order valence-electron chi connectivity index (χ2n) is 6.31. The van der Waals surface area contributed by atoms with E-state index < -0.39 is 0 Å². The number of benzene rings is 2. The molecule has 6 nitrogen and oxygen atoms in total. The minimum absolute atomic E-state index is 0. The van der Waals surface area contributed by atoms with Gasteiger partial charge in [0, 0.05) is 31.4 Å². The topological polar surface area (TPSA) is 64.1 Å². The molecule has 2 aromatic carbocycles. The number of aryl methyl sites for hydroxylation is 1. The van der Waals surface area contributed by atoms with Crippen LogP contribution in [0.15, 0.2) is 41.4 Å². The lowest BCUT2D eigenvalue weighted by Gasteiger charge is -2.18. The summed E-state index contributed by atoms with van der Waals surface area (Å²) >= 11 is 0. The molecule has 28 heavy (non-hydrogen) atoms. The van der Waals surface area contributed by atoms with Crippen LogP contribution in [0.2, 0.25) is 0 Å². The van der Waals surface area contributed by atoms with E-state index in [0.717, 1.165) is 12.2 Å². The SMILES string of the molecule is CN=C(NCC(C)c1cccc(C)c1)Nc1cc(OC)c(OC)c(OC)c1.I. The van der Waals surface area contributed by atoms with Crippen LogP contribution in [0.25, 0.3) is 0 Å². The highest BCUT2D eigenvalue weighted by atomic mass is 127. The maximum atomic E-state index is 5.40. The number of nitrogens with one attached hydrogen (secondary N) is 2. The lowest BCUT2D eigenvalue weighted by molar-refractivity contribution is 0.324. The van der Waals surface area contributed by atoms with Crippen LogP contribution < -0.4 is 24.8 Å². The fraction of sp³-hybridized carbons (Fsp3) is 0.381. The van der Waals surface area contributed by atoms with E-state index in [-0.39, 0.29) is 24.0 Å². The summed E-state index contributed by atoms with van der Waals surface area (Å²) in [7, 11) is 6.51. The van der Waals surface area contributed by atoms with E-state index in [1.165, 1.54) is 11.1 Å². The molecule has 0 aromatic heterocycles. The molecular formula is C21H30IN3O3. The molecule has 0 fully saturated rings. The molecule has 1 atom stereocenters. The van der Waals surface area contributed by atoms with E-state index in [1.807, 2.05) is 12.1 Å². The quantitative estimate of drug-likeness (QED) is 0.335. The summed E-state index contributed by atoms with van der Waals surface area (Å²) < 4.78 is 16.2. The van der Waals surface area contributed by atoms with Crippen LogP contribution in [0.1, 0.15) is 24.0 Å². The standard InChI is InChI=1S/C21H29N3O3.HI/c1-14-8-7-9-16(10-14)15(2)13-23-21(22-3)24-17-11-18(25-4)20(27-6)19(12-17)26-5;/h7-12,15H,13H2,1-6H3,(H2,22,23,24);1H. The van der Waals surface area contributed by atoms with Crippen molar-refractivity contribution in [1.82, 2.24) is 5.32 Å². The van der Waals surface area contributed by atoms with Crippen molar-refractivity contribution in [3.05, 3.63) is 47.5 Å². The Labute approximate surface area is 184 Å². The van der Waals surface area contributed by atoms with E-state index in [4.69, 9.17) is 14.2 Å². The van der Waals surface area contributed by atoms with Crippen molar-refractivity contribution in [1.29, 1.82) is 0 Å². The molecule has 0 heterocycles. The van der Waals surface area contributed by atoms with Crippen LogP contribution in [0.4, 0.5) is 5.69 Å². The minimum Gasteiger partial charge on any atom is -0.493 e. The van der Waals surface area contributed by atoms with Gasteiger partial charge in [-0.2, -0.15) is 0 Å². The van der Waals surface area contributed by atoms with Crippen molar-refractivity contribution < 1.29 is 14.2 Å². The first kappa shape index (κ1) is 23.9. The Morgan fingerprint density at radius 1 is 1.04 bits per heavy atom. The summed E-state index contributed by atoms with van der Waals surface area (Å²) in [5.74, 6) is 2.75. The fourth-order valence-electron chi connectivity index (χ4n) is 2.81. The first-order valence-corrected chi connectivity index (χ1v) is 8.86. The van der Waals surface area contributed by atoms with Crippen molar-refractivity contribution >= 4 is 35.6 Å². The maximum Gasteiger partial charge on any atom is 0.203 e. The zero-order chi connectivity index (χ0) is 19.8. The average Bonchev–Trinajstić information content (AvgIpc) is 2.69. The molecule has 0 aliphatic rings. The highest BCUT2D eigenvalue weighted by molar-refractivity contribution is 14.0. The van der Waals surface area contributed by atoms with Crippen molar-refractivity contribution in [3.63, 3.8) is 0 Å². The molecule has 0 saturated carbocycles. The van der Waals surface area contributed by atoms with Gasteiger partial charge in [0.05, 0.1) is 21.3 Å². The van der Waals surface area contributed by atoms with Gasteiger partial charge in [-0.15, -0.1) is 24.0 Å². The van der Waals surface area contributed by atoms with Crippen LogP contribution in [0.5, 0.6) is 17.2 Å².